The van der Waals surface area contributed by atoms with E-state index in [0.29, 0.717) is 19.5 Å². The van der Waals surface area contributed by atoms with Crippen LogP contribution >= 0.6 is 0 Å². The molecule has 8 heteroatoms. The molecule has 0 aromatic heterocycles. The van der Waals surface area contributed by atoms with E-state index in [4.69, 9.17) is 9.47 Å². The summed E-state index contributed by atoms with van der Waals surface area (Å²) in [6, 6.07) is 8.88. The van der Waals surface area contributed by atoms with Crippen molar-refractivity contribution in [3.8, 4) is 0 Å². The number of carbonyl (C=O) groups excluding carboxylic acids is 3. The van der Waals surface area contributed by atoms with Gasteiger partial charge < -0.3 is 25.0 Å². The third-order valence-corrected chi connectivity index (χ3v) is 4.93. The molecule has 0 unspecified atom stereocenters. The zero-order chi connectivity index (χ0) is 23.7. The van der Waals surface area contributed by atoms with Crippen LogP contribution in [0.5, 0.6) is 0 Å². The van der Waals surface area contributed by atoms with Crippen LogP contribution in [0.2, 0.25) is 0 Å². The molecule has 1 atom stereocenters. The lowest BCUT2D eigenvalue weighted by Gasteiger charge is -2.27. The second kappa shape index (κ2) is 11.7. The number of ether oxygens (including phenoxy) is 2. The Labute approximate surface area is 191 Å². The molecular formula is C24H37N3O5. The topological polar surface area (TPSA) is 97.0 Å². The minimum atomic E-state index is -0.705. The molecule has 0 spiro atoms. The smallest absolute Gasteiger partial charge is 0.410 e. The second-order valence-electron chi connectivity index (χ2n) is 9.48. The van der Waals surface area contributed by atoms with E-state index in [0.717, 1.165) is 18.4 Å². The van der Waals surface area contributed by atoms with E-state index in [2.05, 4.69) is 10.6 Å². The quantitative estimate of drug-likeness (QED) is 0.531. The number of hydrogen-bond donors (Lipinski definition) is 2. The lowest BCUT2D eigenvalue weighted by Crippen LogP contribution is -2.50. The molecule has 0 saturated heterocycles. The monoisotopic (exact) mass is 447 g/mol. The fourth-order valence-corrected chi connectivity index (χ4v) is 3.13. The third-order valence-electron chi connectivity index (χ3n) is 4.93. The summed E-state index contributed by atoms with van der Waals surface area (Å²) in [5.41, 5.74) is 0.336. The van der Waals surface area contributed by atoms with E-state index in [1.807, 2.05) is 65.0 Å². The molecule has 0 heterocycles. The molecule has 0 radical (unpaired) electrons. The summed E-state index contributed by atoms with van der Waals surface area (Å²) in [5.74, 6) is -0.379. The summed E-state index contributed by atoms with van der Waals surface area (Å²) < 4.78 is 10.7. The van der Waals surface area contributed by atoms with Gasteiger partial charge in [-0.1, -0.05) is 44.2 Å². The van der Waals surface area contributed by atoms with Gasteiger partial charge in [0.2, 0.25) is 5.91 Å². The van der Waals surface area contributed by atoms with Crippen molar-refractivity contribution in [2.45, 2.75) is 78.2 Å². The first kappa shape index (κ1) is 25.5. The summed E-state index contributed by atoms with van der Waals surface area (Å²) in [6.45, 7) is 10.3. The van der Waals surface area contributed by atoms with Crippen LogP contribution in [0.15, 0.2) is 30.3 Å². The summed E-state index contributed by atoms with van der Waals surface area (Å²) in [6.07, 6.45) is 1.62. The summed E-state index contributed by atoms with van der Waals surface area (Å²) >= 11 is 0. The number of benzene rings is 1. The molecule has 1 aliphatic carbocycles. The summed E-state index contributed by atoms with van der Waals surface area (Å²) in [5, 5.41) is 5.51. The molecule has 0 aliphatic heterocycles. The van der Waals surface area contributed by atoms with Crippen LogP contribution in [-0.4, -0.2) is 53.8 Å². The standard InChI is InChI=1S/C24H37N3O5/c1-17(2)20(26-22(29)31-16-18-10-7-6-8-11-18)21(28)25-14-9-15-27(19-12-13-19)23(30)32-24(3,4)5/h6-8,10-11,17,19-20H,9,12-16H2,1-5H3,(H,25,28)(H,26,29)/t20-/m0/s1. The van der Waals surface area contributed by atoms with Crippen LogP contribution in [0.25, 0.3) is 0 Å². The van der Waals surface area contributed by atoms with Gasteiger partial charge in [-0.15, -0.1) is 0 Å². The molecule has 8 nitrogen and oxygen atoms in total. The highest BCUT2D eigenvalue weighted by molar-refractivity contribution is 5.85. The first-order chi connectivity index (χ1) is 15.1. The second-order valence-corrected chi connectivity index (χ2v) is 9.48. The van der Waals surface area contributed by atoms with Crippen molar-refractivity contribution in [2.24, 2.45) is 5.92 Å². The molecule has 3 amide bonds. The molecule has 1 fully saturated rings. The molecule has 178 valence electrons. The first-order valence-corrected chi connectivity index (χ1v) is 11.3. The van der Waals surface area contributed by atoms with Crippen LogP contribution in [0.1, 0.15) is 59.4 Å². The Bertz CT molecular complexity index is 757. The van der Waals surface area contributed by atoms with Crippen molar-refractivity contribution in [1.29, 1.82) is 0 Å². The van der Waals surface area contributed by atoms with Gasteiger partial charge in [-0.3, -0.25) is 4.79 Å². The molecule has 1 aromatic rings. The number of rotatable bonds is 10. The normalized spacial score (nSPS) is 14.4. The van der Waals surface area contributed by atoms with Gasteiger partial charge in [0.1, 0.15) is 18.2 Å². The zero-order valence-electron chi connectivity index (χ0n) is 19.8. The van der Waals surface area contributed by atoms with Gasteiger partial charge in [-0.25, -0.2) is 9.59 Å². The first-order valence-electron chi connectivity index (χ1n) is 11.3. The summed E-state index contributed by atoms with van der Waals surface area (Å²) in [7, 11) is 0. The van der Waals surface area contributed by atoms with E-state index < -0.39 is 17.7 Å². The molecule has 32 heavy (non-hydrogen) atoms. The van der Waals surface area contributed by atoms with E-state index in [1.54, 1.807) is 4.90 Å². The van der Waals surface area contributed by atoms with Crippen molar-refractivity contribution in [1.82, 2.24) is 15.5 Å². The van der Waals surface area contributed by atoms with Crippen LogP contribution in [0.3, 0.4) is 0 Å². The average Bonchev–Trinajstić information content (AvgIpc) is 3.54. The maximum Gasteiger partial charge on any atom is 0.410 e. The Morgan fingerprint density at radius 3 is 2.34 bits per heavy atom. The number of amides is 3. The van der Waals surface area contributed by atoms with Crippen LogP contribution in [0, 0.1) is 5.92 Å². The summed E-state index contributed by atoms with van der Waals surface area (Å²) in [4.78, 5) is 38.9. The van der Waals surface area contributed by atoms with Crippen molar-refractivity contribution in [3.63, 3.8) is 0 Å². The van der Waals surface area contributed by atoms with Crippen molar-refractivity contribution >= 4 is 18.1 Å². The van der Waals surface area contributed by atoms with Crippen molar-refractivity contribution in [3.05, 3.63) is 35.9 Å². The predicted octanol–water partition coefficient (Wildman–Crippen LogP) is 3.84. The van der Waals surface area contributed by atoms with E-state index in [1.165, 1.54) is 0 Å². The molecule has 0 bridgehead atoms. The number of carbonyl (C=O) groups is 3. The molecule has 1 aliphatic rings. The third kappa shape index (κ3) is 9.16. The maximum absolute atomic E-state index is 12.6. The highest BCUT2D eigenvalue weighted by Crippen LogP contribution is 2.28. The van der Waals surface area contributed by atoms with Gasteiger partial charge in [-0.2, -0.15) is 0 Å². The van der Waals surface area contributed by atoms with Crippen molar-refractivity contribution in [2.75, 3.05) is 13.1 Å². The number of hydrogen-bond acceptors (Lipinski definition) is 5. The lowest BCUT2D eigenvalue weighted by atomic mass is 10.0. The fraction of sp³-hybridized carbons (Fsp3) is 0.625. The Kier molecular flexibility index (Phi) is 9.35. The predicted molar refractivity (Wildman–Crippen MR) is 122 cm³/mol. The zero-order valence-corrected chi connectivity index (χ0v) is 19.8. The van der Waals surface area contributed by atoms with E-state index in [9.17, 15) is 14.4 Å². The molecule has 2 rings (SSSR count). The van der Waals surface area contributed by atoms with Crippen LogP contribution in [0.4, 0.5) is 9.59 Å². The highest BCUT2D eigenvalue weighted by Gasteiger charge is 2.34. The van der Waals surface area contributed by atoms with Crippen LogP contribution in [-0.2, 0) is 20.9 Å². The largest absolute Gasteiger partial charge is 0.445 e. The molecule has 2 N–H and O–H groups in total. The fourth-order valence-electron chi connectivity index (χ4n) is 3.13. The lowest BCUT2D eigenvalue weighted by molar-refractivity contribution is -0.124. The SMILES string of the molecule is CC(C)[C@H](NC(=O)OCc1ccccc1)C(=O)NCCCN(C(=O)OC(C)(C)C)C1CC1. The van der Waals surface area contributed by atoms with Gasteiger partial charge in [-0.05, 0) is 51.5 Å². The van der Waals surface area contributed by atoms with Gasteiger partial charge in [0.15, 0.2) is 0 Å². The highest BCUT2D eigenvalue weighted by atomic mass is 16.6. The molecule has 1 aromatic carbocycles. The van der Waals surface area contributed by atoms with Gasteiger partial charge in [0.05, 0.1) is 0 Å². The number of nitrogens with one attached hydrogen (secondary N) is 2. The Balaban J connectivity index is 1.76. The van der Waals surface area contributed by atoms with Crippen LogP contribution < -0.4 is 10.6 Å². The van der Waals surface area contributed by atoms with E-state index in [-0.39, 0.29) is 30.6 Å². The Morgan fingerprint density at radius 2 is 1.78 bits per heavy atom. The Hall–Kier alpha value is -2.77. The average molecular weight is 448 g/mol. The van der Waals surface area contributed by atoms with E-state index >= 15 is 0 Å². The Morgan fingerprint density at radius 1 is 1.12 bits per heavy atom. The minimum absolute atomic E-state index is 0.107. The number of nitrogens with zero attached hydrogens (tertiary/aromatic N) is 1. The molecular weight excluding hydrogens is 410 g/mol. The van der Waals surface area contributed by atoms with Gasteiger partial charge in [0.25, 0.3) is 0 Å². The number of alkyl carbamates (subject to hydrolysis) is 1. The van der Waals surface area contributed by atoms with Crippen molar-refractivity contribution < 1.29 is 23.9 Å². The minimum Gasteiger partial charge on any atom is -0.445 e. The molecule has 1 saturated carbocycles. The maximum atomic E-state index is 12.6. The van der Waals surface area contributed by atoms with Gasteiger partial charge >= 0.3 is 12.2 Å². The van der Waals surface area contributed by atoms with Gasteiger partial charge in [0, 0.05) is 19.1 Å².